The van der Waals surface area contributed by atoms with Gasteiger partial charge in [-0.2, -0.15) is 5.26 Å². The van der Waals surface area contributed by atoms with Gasteiger partial charge in [-0.3, -0.25) is 9.88 Å². The predicted octanol–water partition coefficient (Wildman–Crippen LogP) is 7.86. The molecule has 0 spiro atoms. The number of nitrogens with zero attached hydrogens (tertiary/aromatic N) is 3. The van der Waals surface area contributed by atoms with E-state index >= 15 is 0 Å². The fraction of sp³-hybridized carbons (Fsp3) is 0.226. The molecule has 0 aliphatic carbocycles. The molecule has 0 bridgehead atoms. The third kappa shape index (κ3) is 5.85. The van der Waals surface area contributed by atoms with Crippen LogP contribution in [0.25, 0.3) is 16.5 Å². The predicted molar refractivity (Wildman–Crippen MR) is 158 cm³/mol. The molecule has 0 amide bonds. The van der Waals surface area contributed by atoms with Crippen molar-refractivity contribution in [2.24, 2.45) is 0 Å². The van der Waals surface area contributed by atoms with E-state index < -0.39 is 5.82 Å². The number of hydrogen-bond donors (Lipinski definition) is 1. The Kier molecular flexibility index (Phi) is 8.41. The van der Waals surface area contributed by atoms with Gasteiger partial charge in [-0.05, 0) is 42.2 Å². The normalized spacial score (nSPS) is 14.1. The highest BCUT2D eigenvalue weighted by Gasteiger charge is 2.24. The van der Waals surface area contributed by atoms with Crippen LogP contribution in [-0.2, 0) is 0 Å². The first-order valence-electron chi connectivity index (χ1n) is 12.8. The van der Waals surface area contributed by atoms with Gasteiger partial charge in [-0.25, -0.2) is 4.39 Å². The molecule has 1 aromatic heterocycles. The molecule has 1 aliphatic rings. The number of benzene rings is 3. The lowest BCUT2D eigenvalue weighted by atomic mass is 10.0. The molecule has 0 radical (unpaired) electrons. The zero-order valence-electron chi connectivity index (χ0n) is 21.9. The van der Waals surface area contributed by atoms with Gasteiger partial charge >= 0.3 is 0 Å². The third-order valence-corrected chi connectivity index (χ3v) is 7.77. The van der Waals surface area contributed by atoms with Crippen molar-refractivity contribution in [3.05, 3.63) is 94.4 Å². The minimum Gasteiger partial charge on any atom is -0.493 e. The van der Waals surface area contributed by atoms with Crippen LogP contribution in [0.4, 0.5) is 15.8 Å². The second-order valence-electron chi connectivity index (χ2n) is 9.59. The zero-order chi connectivity index (χ0) is 28.2. The highest BCUT2D eigenvalue weighted by molar-refractivity contribution is 6.42. The number of ether oxygens (including phenoxy) is 2. The van der Waals surface area contributed by atoms with Gasteiger partial charge in [0.25, 0.3) is 0 Å². The summed E-state index contributed by atoms with van der Waals surface area (Å²) in [5.74, 6) is 0.336. The van der Waals surface area contributed by atoms with E-state index in [1.807, 2.05) is 18.2 Å². The Hall–Kier alpha value is -3.83. The van der Waals surface area contributed by atoms with Crippen LogP contribution in [0.5, 0.6) is 11.5 Å². The second kappa shape index (κ2) is 12.1. The van der Waals surface area contributed by atoms with Crippen molar-refractivity contribution in [3.63, 3.8) is 0 Å². The quantitative estimate of drug-likeness (QED) is 0.215. The van der Waals surface area contributed by atoms with Crippen LogP contribution in [-0.4, -0.2) is 42.7 Å². The monoisotopic (exact) mass is 576 g/mol. The third-order valence-electron chi connectivity index (χ3n) is 6.99. The number of aromatic nitrogens is 1. The van der Waals surface area contributed by atoms with E-state index in [-0.39, 0.29) is 27.4 Å². The van der Waals surface area contributed by atoms with E-state index in [2.05, 4.69) is 40.0 Å². The number of rotatable bonds is 8. The lowest BCUT2D eigenvalue weighted by Gasteiger charge is -2.33. The summed E-state index contributed by atoms with van der Waals surface area (Å²) in [6.45, 7) is 6.81. The standard InChI is InChI=1S/C31H27Cl2FN4O2/c1-19(20-6-4-3-5-7-20)18-38-12-10-22(11-13-38)40-28-14-23-26(15-27(28)39-2)36-17-21(16-35)31(23)37-25-9-8-24(32)29(33)30(25)34/h3-9,14-15,17,22H,1,10-13,18H2,2H3,(H,36,37). The van der Waals surface area contributed by atoms with Crippen molar-refractivity contribution in [1.29, 1.82) is 5.26 Å². The number of hydrogen-bond acceptors (Lipinski definition) is 6. The Morgan fingerprint density at radius 1 is 1.15 bits per heavy atom. The van der Waals surface area contributed by atoms with Crippen LogP contribution in [0.2, 0.25) is 10.0 Å². The topological polar surface area (TPSA) is 70.4 Å². The van der Waals surface area contributed by atoms with Crippen LogP contribution in [0.15, 0.2) is 67.4 Å². The molecule has 5 rings (SSSR count). The average Bonchev–Trinajstić information content (AvgIpc) is 2.98. The maximum absolute atomic E-state index is 14.9. The summed E-state index contributed by atoms with van der Waals surface area (Å²) >= 11 is 12.0. The summed E-state index contributed by atoms with van der Waals surface area (Å²) in [7, 11) is 1.57. The van der Waals surface area contributed by atoms with E-state index in [1.54, 1.807) is 19.2 Å². The highest BCUT2D eigenvalue weighted by Crippen LogP contribution is 2.39. The van der Waals surface area contributed by atoms with Crippen LogP contribution < -0.4 is 14.8 Å². The minimum absolute atomic E-state index is 0.0244. The van der Waals surface area contributed by atoms with Gasteiger partial charge in [-0.1, -0.05) is 60.1 Å². The van der Waals surface area contributed by atoms with Crippen molar-refractivity contribution < 1.29 is 13.9 Å². The number of halogens is 3. The van der Waals surface area contributed by atoms with Gasteiger partial charge in [0.1, 0.15) is 12.2 Å². The van der Waals surface area contributed by atoms with Gasteiger partial charge in [0.15, 0.2) is 17.3 Å². The summed E-state index contributed by atoms with van der Waals surface area (Å²) in [6.07, 6.45) is 3.07. The van der Waals surface area contributed by atoms with E-state index in [9.17, 15) is 9.65 Å². The molecule has 204 valence electrons. The molecule has 4 aromatic rings. The van der Waals surface area contributed by atoms with Crippen molar-refractivity contribution >= 4 is 51.1 Å². The number of nitrogens with one attached hydrogen (secondary N) is 1. The summed E-state index contributed by atoms with van der Waals surface area (Å²) in [4.78, 5) is 6.79. The first kappa shape index (κ1) is 27.7. The highest BCUT2D eigenvalue weighted by atomic mass is 35.5. The van der Waals surface area contributed by atoms with Gasteiger partial charge in [0, 0.05) is 37.3 Å². The summed E-state index contributed by atoms with van der Waals surface area (Å²) in [5, 5.41) is 13.3. The van der Waals surface area contributed by atoms with Gasteiger partial charge in [0.2, 0.25) is 0 Å². The van der Waals surface area contributed by atoms with Crippen LogP contribution in [0, 0.1) is 17.1 Å². The summed E-state index contributed by atoms with van der Waals surface area (Å²) < 4.78 is 26.9. The van der Waals surface area contributed by atoms with Crippen molar-refractivity contribution in [2.45, 2.75) is 18.9 Å². The SMILES string of the molecule is C=C(CN1CCC(Oc2cc3c(Nc4ccc(Cl)c(Cl)c4F)c(C#N)cnc3cc2OC)CC1)c1ccccc1. The van der Waals surface area contributed by atoms with E-state index in [0.29, 0.717) is 28.1 Å². The Bertz CT molecular complexity index is 1600. The molecule has 0 atom stereocenters. The molecule has 6 nitrogen and oxygen atoms in total. The van der Waals surface area contributed by atoms with Crippen molar-refractivity contribution in [3.8, 4) is 17.6 Å². The number of anilines is 2. The first-order valence-corrected chi connectivity index (χ1v) is 13.6. The second-order valence-corrected chi connectivity index (χ2v) is 10.4. The molecule has 9 heteroatoms. The van der Waals surface area contributed by atoms with E-state index in [1.165, 1.54) is 18.3 Å². The molecule has 0 unspecified atom stereocenters. The lowest BCUT2D eigenvalue weighted by Crippen LogP contribution is -2.39. The van der Waals surface area contributed by atoms with Gasteiger partial charge in [-0.15, -0.1) is 0 Å². The molecule has 3 aromatic carbocycles. The molecule has 40 heavy (non-hydrogen) atoms. The molecule has 1 saturated heterocycles. The largest absolute Gasteiger partial charge is 0.493 e. The number of nitriles is 1. The number of piperidine rings is 1. The molecule has 1 aliphatic heterocycles. The fourth-order valence-electron chi connectivity index (χ4n) is 4.83. The van der Waals surface area contributed by atoms with Gasteiger partial charge in [0.05, 0.1) is 39.6 Å². The molecule has 1 fully saturated rings. The average molecular weight is 577 g/mol. The lowest BCUT2D eigenvalue weighted by molar-refractivity contribution is 0.105. The number of likely N-dealkylation sites (tertiary alicyclic amines) is 1. The van der Waals surface area contributed by atoms with E-state index in [0.717, 1.165) is 43.6 Å². The van der Waals surface area contributed by atoms with Crippen molar-refractivity contribution in [1.82, 2.24) is 9.88 Å². The molecule has 2 heterocycles. The van der Waals surface area contributed by atoms with E-state index in [4.69, 9.17) is 32.7 Å². The number of methoxy groups -OCH3 is 1. The maximum Gasteiger partial charge on any atom is 0.166 e. The number of fused-ring (bicyclic) bond motifs is 1. The summed E-state index contributed by atoms with van der Waals surface area (Å²) in [5.41, 5.74) is 3.50. The summed E-state index contributed by atoms with van der Waals surface area (Å²) in [6, 6.07) is 18.8. The Morgan fingerprint density at radius 2 is 1.90 bits per heavy atom. The Labute approximate surface area is 242 Å². The first-order chi connectivity index (χ1) is 19.4. The fourth-order valence-corrected chi connectivity index (χ4v) is 5.14. The Morgan fingerprint density at radius 3 is 2.60 bits per heavy atom. The molecule has 1 N–H and O–H groups in total. The van der Waals surface area contributed by atoms with Gasteiger partial charge < -0.3 is 14.8 Å². The number of pyridine rings is 1. The minimum atomic E-state index is -0.713. The zero-order valence-corrected chi connectivity index (χ0v) is 23.4. The molecular formula is C31H27Cl2FN4O2. The van der Waals surface area contributed by atoms with Crippen LogP contribution >= 0.6 is 23.2 Å². The molecule has 0 saturated carbocycles. The Balaban J connectivity index is 1.37. The maximum atomic E-state index is 14.9. The van der Waals surface area contributed by atoms with Crippen LogP contribution in [0.3, 0.4) is 0 Å². The van der Waals surface area contributed by atoms with Crippen molar-refractivity contribution in [2.75, 3.05) is 32.1 Å². The smallest absolute Gasteiger partial charge is 0.166 e. The molecular weight excluding hydrogens is 550 g/mol. The van der Waals surface area contributed by atoms with Crippen LogP contribution in [0.1, 0.15) is 24.0 Å².